The van der Waals surface area contributed by atoms with E-state index in [0.29, 0.717) is 0 Å². The van der Waals surface area contributed by atoms with Crippen LogP contribution in [-0.2, 0) is 0 Å². The molecular weight excluding hydrogens is 196 g/mol. The maximum absolute atomic E-state index is 8.74. The smallest absolute Gasteiger partial charge is 0.122 e. The van der Waals surface area contributed by atoms with Crippen molar-refractivity contribution in [3.8, 4) is 5.75 Å². The van der Waals surface area contributed by atoms with Gasteiger partial charge in [0.2, 0.25) is 0 Å². The number of methoxy groups -OCH3 is 1. The first-order chi connectivity index (χ1) is 6.70. The van der Waals surface area contributed by atoms with E-state index in [4.69, 9.17) is 9.84 Å². The maximum Gasteiger partial charge on any atom is 0.122 e. The molecule has 0 aliphatic carbocycles. The second kappa shape index (κ2) is 5.27. The Bertz CT molecular complexity index is 310. The minimum absolute atomic E-state index is 0.217. The molecule has 1 aromatic rings. The molecule has 0 amide bonds. The first kappa shape index (κ1) is 11.4. The number of aliphatic hydroxyl groups excluding tert-OH is 1. The van der Waals surface area contributed by atoms with Crippen LogP contribution in [0.2, 0.25) is 0 Å². The van der Waals surface area contributed by atoms with Crippen molar-refractivity contribution in [2.45, 2.75) is 18.7 Å². The molecule has 0 atom stereocenters. The van der Waals surface area contributed by atoms with Crippen molar-refractivity contribution in [3.63, 3.8) is 0 Å². The van der Waals surface area contributed by atoms with Gasteiger partial charge in [-0.15, -0.1) is 11.8 Å². The van der Waals surface area contributed by atoms with Gasteiger partial charge in [-0.25, -0.2) is 0 Å². The van der Waals surface area contributed by atoms with Gasteiger partial charge in [-0.2, -0.15) is 0 Å². The summed E-state index contributed by atoms with van der Waals surface area (Å²) in [4.78, 5) is 1.22. The van der Waals surface area contributed by atoms with E-state index in [9.17, 15) is 0 Å². The third-order valence-electron chi connectivity index (χ3n) is 2.26. The van der Waals surface area contributed by atoms with Crippen LogP contribution in [-0.4, -0.2) is 24.6 Å². The minimum Gasteiger partial charge on any atom is -0.496 e. The van der Waals surface area contributed by atoms with Gasteiger partial charge in [-0.1, -0.05) is 0 Å². The summed E-state index contributed by atoms with van der Waals surface area (Å²) in [6.07, 6.45) is 0. The number of thioether (sulfide) groups is 1. The average Bonchev–Trinajstić information content (AvgIpc) is 2.20. The van der Waals surface area contributed by atoms with Crippen LogP contribution >= 0.6 is 11.8 Å². The lowest BCUT2D eigenvalue weighted by Gasteiger charge is -2.11. The highest BCUT2D eigenvalue weighted by Gasteiger charge is 2.06. The van der Waals surface area contributed by atoms with Crippen molar-refractivity contribution in [3.05, 3.63) is 23.3 Å². The Morgan fingerprint density at radius 1 is 1.29 bits per heavy atom. The van der Waals surface area contributed by atoms with Gasteiger partial charge >= 0.3 is 0 Å². The minimum atomic E-state index is 0.217. The summed E-state index contributed by atoms with van der Waals surface area (Å²) in [5.41, 5.74) is 2.42. The molecule has 1 N–H and O–H groups in total. The van der Waals surface area contributed by atoms with E-state index in [1.807, 2.05) is 12.1 Å². The summed E-state index contributed by atoms with van der Waals surface area (Å²) in [5.74, 6) is 1.67. The Kier molecular flexibility index (Phi) is 4.29. The molecule has 14 heavy (non-hydrogen) atoms. The van der Waals surface area contributed by atoms with E-state index in [0.717, 1.165) is 11.5 Å². The van der Waals surface area contributed by atoms with Gasteiger partial charge in [0.1, 0.15) is 5.75 Å². The zero-order valence-corrected chi connectivity index (χ0v) is 9.65. The highest BCUT2D eigenvalue weighted by molar-refractivity contribution is 7.99. The van der Waals surface area contributed by atoms with Crippen molar-refractivity contribution < 1.29 is 9.84 Å². The SMILES string of the molecule is COc1ccc(SCCO)c(C)c1C. The maximum atomic E-state index is 8.74. The largest absolute Gasteiger partial charge is 0.496 e. The normalized spacial score (nSPS) is 10.3. The second-order valence-electron chi connectivity index (χ2n) is 3.09. The summed E-state index contributed by atoms with van der Waals surface area (Å²) in [7, 11) is 1.68. The van der Waals surface area contributed by atoms with E-state index in [2.05, 4.69) is 13.8 Å². The van der Waals surface area contributed by atoms with Crippen LogP contribution in [0.4, 0.5) is 0 Å². The Balaban J connectivity index is 2.92. The zero-order chi connectivity index (χ0) is 10.6. The lowest BCUT2D eigenvalue weighted by Crippen LogP contribution is -1.93. The van der Waals surface area contributed by atoms with Crippen molar-refractivity contribution >= 4 is 11.8 Å². The molecule has 0 saturated heterocycles. The monoisotopic (exact) mass is 212 g/mol. The Labute approximate surface area is 89.3 Å². The molecule has 3 heteroatoms. The third-order valence-corrected chi connectivity index (χ3v) is 3.40. The van der Waals surface area contributed by atoms with E-state index < -0.39 is 0 Å². The number of aliphatic hydroxyl groups is 1. The van der Waals surface area contributed by atoms with Crippen molar-refractivity contribution in [2.24, 2.45) is 0 Å². The fourth-order valence-corrected chi connectivity index (χ4v) is 2.15. The number of rotatable bonds is 4. The second-order valence-corrected chi connectivity index (χ2v) is 4.22. The quantitative estimate of drug-likeness (QED) is 0.777. The fourth-order valence-electron chi connectivity index (χ4n) is 1.30. The van der Waals surface area contributed by atoms with Gasteiger partial charge in [0.05, 0.1) is 13.7 Å². The van der Waals surface area contributed by atoms with Crippen LogP contribution < -0.4 is 4.74 Å². The van der Waals surface area contributed by atoms with Crippen molar-refractivity contribution in [1.29, 1.82) is 0 Å². The summed E-state index contributed by atoms with van der Waals surface area (Å²) < 4.78 is 5.23. The van der Waals surface area contributed by atoms with Crippen LogP contribution in [0.3, 0.4) is 0 Å². The zero-order valence-electron chi connectivity index (χ0n) is 8.83. The van der Waals surface area contributed by atoms with Crippen molar-refractivity contribution in [2.75, 3.05) is 19.5 Å². The molecule has 0 heterocycles. The van der Waals surface area contributed by atoms with Gasteiger partial charge in [0.15, 0.2) is 0 Å². The van der Waals surface area contributed by atoms with Gasteiger partial charge in [-0.05, 0) is 37.1 Å². The topological polar surface area (TPSA) is 29.5 Å². The predicted molar refractivity (Wildman–Crippen MR) is 60.3 cm³/mol. The highest BCUT2D eigenvalue weighted by atomic mass is 32.2. The van der Waals surface area contributed by atoms with E-state index in [1.54, 1.807) is 18.9 Å². The number of ether oxygens (including phenoxy) is 1. The van der Waals surface area contributed by atoms with Crippen molar-refractivity contribution in [1.82, 2.24) is 0 Å². The Morgan fingerprint density at radius 3 is 2.57 bits per heavy atom. The molecule has 0 bridgehead atoms. The molecule has 0 radical (unpaired) electrons. The summed E-state index contributed by atoms with van der Waals surface area (Å²) in [6, 6.07) is 4.02. The van der Waals surface area contributed by atoms with Crippen LogP contribution in [0.25, 0.3) is 0 Å². The molecule has 1 aromatic carbocycles. The Morgan fingerprint density at radius 2 is 2.00 bits per heavy atom. The third kappa shape index (κ3) is 2.42. The molecule has 0 fully saturated rings. The first-order valence-electron chi connectivity index (χ1n) is 4.58. The predicted octanol–water partition coefficient (Wildman–Crippen LogP) is 2.40. The van der Waals surface area contributed by atoms with E-state index >= 15 is 0 Å². The van der Waals surface area contributed by atoms with E-state index in [1.165, 1.54) is 16.0 Å². The molecule has 0 aromatic heterocycles. The highest BCUT2D eigenvalue weighted by Crippen LogP contribution is 2.30. The molecule has 2 nitrogen and oxygen atoms in total. The molecular formula is C11H16O2S. The molecule has 78 valence electrons. The lowest BCUT2D eigenvalue weighted by atomic mass is 10.1. The van der Waals surface area contributed by atoms with Gasteiger partial charge in [0, 0.05) is 10.6 Å². The summed E-state index contributed by atoms with van der Waals surface area (Å²) >= 11 is 1.67. The van der Waals surface area contributed by atoms with Crippen LogP contribution in [0.5, 0.6) is 5.75 Å². The molecule has 0 unspecified atom stereocenters. The lowest BCUT2D eigenvalue weighted by molar-refractivity contribution is 0.322. The van der Waals surface area contributed by atoms with Gasteiger partial charge in [0.25, 0.3) is 0 Å². The average molecular weight is 212 g/mol. The first-order valence-corrected chi connectivity index (χ1v) is 5.57. The number of hydrogen-bond donors (Lipinski definition) is 1. The fraction of sp³-hybridized carbons (Fsp3) is 0.455. The van der Waals surface area contributed by atoms with Gasteiger partial charge in [-0.3, -0.25) is 0 Å². The molecule has 0 aliphatic rings. The standard InChI is InChI=1S/C11H16O2S/c1-8-9(2)11(14-7-6-12)5-4-10(8)13-3/h4-5,12H,6-7H2,1-3H3. The number of hydrogen-bond acceptors (Lipinski definition) is 3. The summed E-state index contributed by atoms with van der Waals surface area (Å²) in [5, 5.41) is 8.74. The number of benzene rings is 1. The van der Waals surface area contributed by atoms with Gasteiger partial charge < -0.3 is 9.84 Å². The molecule has 1 rings (SSSR count). The Hall–Kier alpha value is -0.670. The molecule has 0 aliphatic heterocycles. The summed E-state index contributed by atoms with van der Waals surface area (Å²) in [6.45, 7) is 4.35. The van der Waals surface area contributed by atoms with Crippen LogP contribution in [0, 0.1) is 13.8 Å². The van der Waals surface area contributed by atoms with E-state index in [-0.39, 0.29) is 6.61 Å². The molecule has 0 spiro atoms. The molecule has 0 saturated carbocycles. The van der Waals surface area contributed by atoms with Crippen LogP contribution in [0.1, 0.15) is 11.1 Å². The van der Waals surface area contributed by atoms with Crippen LogP contribution in [0.15, 0.2) is 17.0 Å².